The van der Waals surface area contributed by atoms with E-state index in [0.717, 1.165) is 74.0 Å². The van der Waals surface area contributed by atoms with Crippen LogP contribution in [-0.2, 0) is 19.1 Å². The lowest BCUT2D eigenvalue weighted by molar-refractivity contribution is -0.151. The van der Waals surface area contributed by atoms with Gasteiger partial charge in [-0.3, -0.25) is 4.79 Å². The molecule has 0 saturated heterocycles. The second kappa shape index (κ2) is 13.6. The summed E-state index contributed by atoms with van der Waals surface area (Å²) in [6, 6.07) is 0. The SMILES string of the molecule is C=CC(=O)OCCCCCC(=O)O[C@H]1CC[C@@]2(C)C(=CCC3C4CCC(C(C)CCCC(C)C)[C@@]4(C)CCC32)C1. The van der Waals surface area contributed by atoms with Gasteiger partial charge in [-0.05, 0) is 111 Å². The van der Waals surface area contributed by atoms with Crippen LogP contribution in [0.4, 0.5) is 0 Å². The maximum Gasteiger partial charge on any atom is 0.330 e. The second-order valence-corrected chi connectivity index (χ2v) is 14.8. The van der Waals surface area contributed by atoms with Gasteiger partial charge in [0, 0.05) is 18.9 Å². The third-order valence-corrected chi connectivity index (χ3v) is 12.0. The van der Waals surface area contributed by atoms with Crippen molar-refractivity contribution in [1.29, 1.82) is 0 Å². The molecule has 0 amide bonds. The number of allylic oxidation sites excluding steroid dienone is 1. The van der Waals surface area contributed by atoms with E-state index in [0.29, 0.717) is 18.4 Å². The molecule has 8 atom stereocenters. The van der Waals surface area contributed by atoms with E-state index in [2.05, 4.69) is 47.3 Å². The summed E-state index contributed by atoms with van der Waals surface area (Å²) < 4.78 is 11.0. The molecule has 0 aromatic rings. The highest BCUT2D eigenvalue weighted by molar-refractivity contribution is 5.81. The average Bonchev–Trinajstić information content (AvgIpc) is 3.27. The van der Waals surface area contributed by atoms with E-state index in [1.54, 1.807) is 5.57 Å². The standard InChI is InChI=1S/C36H58O4/c1-7-33(37)39-23-10-8-9-14-34(38)40-28-19-21-35(5)27(24-28)15-16-29-31-18-17-30(26(4)13-11-12-25(2)3)36(31,6)22-20-32(29)35/h7,15,25-26,28-32H,1,8-14,16-24H2,2-6H3/t26?,28-,29?,30?,31?,32?,35-,36+/m0/s1. The number of fused-ring (bicyclic) bond motifs is 5. The fourth-order valence-corrected chi connectivity index (χ4v) is 9.78. The maximum absolute atomic E-state index is 12.6. The molecule has 3 fully saturated rings. The average molecular weight is 555 g/mol. The Hall–Kier alpha value is -1.58. The van der Waals surface area contributed by atoms with Crippen molar-refractivity contribution in [2.75, 3.05) is 6.61 Å². The lowest BCUT2D eigenvalue weighted by Gasteiger charge is -2.58. The first-order valence-electron chi connectivity index (χ1n) is 16.8. The van der Waals surface area contributed by atoms with E-state index >= 15 is 0 Å². The minimum absolute atomic E-state index is 0.0355. The summed E-state index contributed by atoms with van der Waals surface area (Å²) in [6.07, 6.45) is 20.8. The van der Waals surface area contributed by atoms with Crippen molar-refractivity contribution in [1.82, 2.24) is 0 Å². The van der Waals surface area contributed by atoms with E-state index in [-0.39, 0.29) is 23.5 Å². The summed E-state index contributed by atoms with van der Waals surface area (Å²) >= 11 is 0. The maximum atomic E-state index is 12.6. The van der Waals surface area contributed by atoms with Gasteiger partial charge in [0.2, 0.25) is 0 Å². The Morgan fingerprint density at radius 1 is 1.00 bits per heavy atom. The smallest absolute Gasteiger partial charge is 0.330 e. The molecule has 0 heterocycles. The number of ether oxygens (including phenoxy) is 2. The number of esters is 2. The van der Waals surface area contributed by atoms with Gasteiger partial charge in [0.05, 0.1) is 6.61 Å². The van der Waals surface area contributed by atoms with E-state index < -0.39 is 0 Å². The summed E-state index contributed by atoms with van der Waals surface area (Å²) in [5.74, 6) is 4.65. The number of hydrogen-bond acceptors (Lipinski definition) is 4. The molecule has 0 aliphatic heterocycles. The van der Waals surface area contributed by atoms with Gasteiger partial charge in [-0.15, -0.1) is 0 Å². The molecule has 0 N–H and O–H groups in total. The quantitative estimate of drug-likeness (QED) is 0.0985. The lowest BCUT2D eigenvalue weighted by atomic mass is 9.47. The Labute approximate surface area is 245 Å². The minimum Gasteiger partial charge on any atom is -0.463 e. The molecular formula is C36H58O4. The Morgan fingerprint density at radius 3 is 2.55 bits per heavy atom. The molecule has 40 heavy (non-hydrogen) atoms. The van der Waals surface area contributed by atoms with Gasteiger partial charge >= 0.3 is 11.9 Å². The first-order chi connectivity index (χ1) is 19.1. The molecule has 4 aliphatic rings. The van der Waals surface area contributed by atoms with Gasteiger partial charge in [-0.1, -0.05) is 72.1 Å². The van der Waals surface area contributed by atoms with Crippen LogP contribution >= 0.6 is 0 Å². The van der Waals surface area contributed by atoms with Gasteiger partial charge in [0.25, 0.3) is 0 Å². The van der Waals surface area contributed by atoms with Gasteiger partial charge in [-0.2, -0.15) is 0 Å². The second-order valence-electron chi connectivity index (χ2n) is 14.8. The Balaban J connectivity index is 1.28. The van der Waals surface area contributed by atoms with Gasteiger partial charge < -0.3 is 9.47 Å². The molecule has 0 aromatic heterocycles. The molecule has 4 rings (SSSR count). The topological polar surface area (TPSA) is 52.6 Å². The van der Waals surface area contributed by atoms with Crippen LogP contribution < -0.4 is 0 Å². The monoisotopic (exact) mass is 554 g/mol. The van der Waals surface area contributed by atoms with E-state index in [9.17, 15) is 9.59 Å². The summed E-state index contributed by atoms with van der Waals surface area (Å²) in [7, 11) is 0. The zero-order valence-corrected chi connectivity index (χ0v) is 26.3. The highest BCUT2D eigenvalue weighted by Gasteiger charge is 2.59. The lowest BCUT2D eigenvalue weighted by Crippen LogP contribution is -2.51. The molecule has 226 valence electrons. The van der Waals surface area contributed by atoms with Crippen LogP contribution in [0.5, 0.6) is 0 Å². The molecule has 4 nitrogen and oxygen atoms in total. The fraction of sp³-hybridized carbons (Fsp3) is 0.833. The van der Waals surface area contributed by atoms with Crippen LogP contribution in [0.15, 0.2) is 24.3 Å². The fourth-order valence-electron chi connectivity index (χ4n) is 9.78. The van der Waals surface area contributed by atoms with E-state index in [4.69, 9.17) is 9.47 Å². The highest BCUT2D eigenvalue weighted by atomic mass is 16.5. The third-order valence-electron chi connectivity index (χ3n) is 12.0. The van der Waals surface area contributed by atoms with Crippen molar-refractivity contribution in [2.24, 2.45) is 46.3 Å². The number of hydrogen-bond donors (Lipinski definition) is 0. The van der Waals surface area contributed by atoms with Gasteiger partial charge in [0.15, 0.2) is 0 Å². The van der Waals surface area contributed by atoms with Crippen LogP contribution in [0.1, 0.15) is 131 Å². The van der Waals surface area contributed by atoms with Crippen molar-refractivity contribution < 1.29 is 19.1 Å². The predicted octanol–water partition coefficient (Wildman–Crippen LogP) is 9.23. The van der Waals surface area contributed by atoms with Crippen LogP contribution in [0.3, 0.4) is 0 Å². The molecular weight excluding hydrogens is 496 g/mol. The van der Waals surface area contributed by atoms with Crippen molar-refractivity contribution >= 4 is 11.9 Å². The Kier molecular flexibility index (Phi) is 10.7. The number of unbranched alkanes of at least 4 members (excludes halogenated alkanes) is 2. The molecule has 4 aliphatic carbocycles. The van der Waals surface area contributed by atoms with E-state index in [1.807, 2.05) is 0 Å². The molecule has 0 bridgehead atoms. The number of rotatable bonds is 13. The van der Waals surface area contributed by atoms with Crippen LogP contribution in [0, 0.1) is 46.3 Å². The summed E-state index contributed by atoms with van der Waals surface area (Å²) in [5.41, 5.74) is 2.40. The Bertz CT molecular complexity index is 920. The number of carbonyl (C=O) groups is 2. The largest absolute Gasteiger partial charge is 0.463 e. The normalized spacial score (nSPS) is 35.6. The molecule has 4 heteroatoms. The molecule has 0 aromatic carbocycles. The molecule has 0 radical (unpaired) electrons. The van der Waals surface area contributed by atoms with Crippen molar-refractivity contribution in [3.8, 4) is 0 Å². The zero-order valence-electron chi connectivity index (χ0n) is 26.3. The summed E-state index contributed by atoms with van der Waals surface area (Å²) in [6.45, 7) is 16.3. The van der Waals surface area contributed by atoms with Gasteiger partial charge in [-0.25, -0.2) is 4.79 Å². The van der Waals surface area contributed by atoms with Crippen LogP contribution in [0.25, 0.3) is 0 Å². The van der Waals surface area contributed by atoms with E-state index in [1.165, 1.54) is 57.4 Å². The Morgan fingerprint density at radius 2 is 1.80 bits per heavy atom. The molecule has 3 saturated carbocycles. The first-order valence-corrected chi connectivity index (χ1v) is 16.8. The summed E-state index contributed by atoms with van der Waals surface area (Å²) in [4.78, 5) is 23.7. The highest BCUT2D eigenvalue weighted by Crippen LogP contribution is 2.67. The molecule has 0 spiro atoms. The van der Waals surface area contributed by atoms with Crippen LogP contribution in [-0.4, -0.2) is 24.6 Å². The van der Waals surface area contributed by atoms with Gasteiger partial charge in [0.1, 0.15) is 6.10 Å². The predicted molar refractivity (Wildman–Crippen MR) is 163 cm³/mol. The molecule has 5 unspecified atom stereocenters. The minimum atomic E-state index is -0.385. The first kappa shape index (κ1) is 31.4. The van der Waals surface area contributed by atoms with Crippen molar-refractivity contribution in [3.63, 3.8) is 0 Å². The van der Waals surface area contributed by atoms with Crippen molar-refractivity contribution in [3.05, 3.63) is 24.3 Å². The third kappa shape index (κ3) is 6.89. The van der Waals surface area contributed by atoms with Crippen molar-refractivity contribution in [2.45, 2.75) is 137 Å². The number of carbonyl (C=O) groups excluding carboxylic acids is 2. The summed E-state index contributed by atoms with van der Waals surface area (Å²) in [5, 5.41) is 0. The zero-order chi connectivity index (χ0) is 28.9. The van der Waals surface area contributed by atoms with Crippen LogP contribution in [0.2, 0.25) is 0 Å².